The minimum absolute atomic E-state index is 0.261. The van der Waals surface area contributed by atoms with Crippen molar-refractivity contribution in [1.82, 2.24) is 8.57 Å². The van der Waals surface area contributed by atoms with Crippen LogP contribution in [0.2, 0.25) is 0 Å². The molecule has 0 radical (unpaired) electrons. The predicted molar refractivity (Wildman–Crippen MR) is 58.6 cm³/mol. The van der Waals surface area contributed by atoms with E-state index in [4.69, 9.17) is 0 Å². The molecule has 0 atom stereocenters. The molecule has 2 aromatic rings. The molecule has 15 heavy (non-hydrogen) atoms. The van der Waals surface area contributed by atoms with Gasteiger partial charge in [0.15, 0.2) is 0 Å². The summed E-state index contributed by atoms with van der Waals surface area (Å²) in [6, 6.07) is 10.8. The second-order valence-electron chi connectivity index (χ2n) is 2.82. The van der Waals surface area contributed by atoms with Crippen molar-refractivity contribution in [3.63, 3.8) is 0 Å². The number of nitrogens with zero attached hydrogens (tertiary/aromatic N) is 1. The molecule has 1 aromatic carbocycles. The number of nitrogens with one attached hydrogen (secondary N) is 1. The molecule has 2 rings (SSSR count). The third-order valence-corrected chi connectivity index (χ3v) is 3.88. The minimum atomic E-state index is -0.355. The maximum absolute atomic E-state index is 11.4. The molecule has 0 spiro atoms. The Kier molecular flexibility index (Phi) is 2.85. The molecule has 0 fully saturated rings. The fraction of sp³-hybridized carbons (Fsp3) is 0. The summed E-state index contributed by atoms with van der Waals surface area (Å²) in [6.07, 6.45) is 1.36. The van der Waals surface area contributed by atoms with Crippen LogP contribution in [-0.2, 0) is 0 Å². The molecule has 76 valence electrons. The number of hydrogen-bond donors (Lipinski definition) is 1. The second-order valence-corrected chi connectivity index (χ2v) is 4.96. The van der Waals surface area contributed by atoms with Crippen LogP contribution in [0.25, 0.3) is 0 Å². The molecule has 0 saturated heterocycles. The van der Waals surface area contributed by atoms with Crippen LogP contribution in [-0.4, -0.2) is 23.7 Å². The molecule has 0 amide bonds. The van der Waals surface area contributed by atoms with Crippen molar-refractivity contribution in [3.05, 3.63) is 63.4 Å². The summed E-state index contributed by atoms with van der Waals surface area (Å²) in [7, 11) is 0. The van der Waals surface area contributed by atoms with Crippen LogP contribution in [0.1, 0.15) is 0 Å². The summed E-state index contributed by atoms with van der Waals surface area (Å²) >= 11 is -0.298. The molecule has 0 saturated carbocycles. The average Bonchev–Trinajstić information content (AvgIpc) is 2.25. The van der Waals surface area contributed by atoms with Crippen LogP contribution in [0.5, 0.6) is 0 Å². The fourth-order valence-corrected chi connectivity index (χ4v) is 2.71. The Morgan fingerprint density at radius 2 is 1.80 bits per heavy atom. The quantitative estimate of drug-likeness (QED) is 0.734. The molecular formula is C10H8N2O2Se. The van der Waals surface area contributed by atoms with E-state index in [1.807, 2.05) is 30.3 Å². The molecule has 1 aromatic heterocycles. The Morgan fingerprint density at radius 3 is 2.47 bits per heavy atom. The molecule has 0 aliphatic heterocycles. The van der Waals surface area contributed by atoms with Crippen molar-refractivity contribution in [2.45, 2.75) is 0 Å². The van der Waals surface area contributed by atoms with Crippen LogP contribution in [0.3, 0.4) is 0 Å². The third-order valence-electron chi connectivity index (χ3n) is 1.76. The Bertz CT molecular complexity index is 531. The van der Waals surface area contributed by atoms with Gasteiger partial charge in [-0.05, 0) is 0 Å². The van der Waals surface area contributed by atoms with Gasteiger partial charge in [-0.1, -0.05) is 0 Å². The van der Waals surface area contributed by atoms with Crippen LogP contribution >= 0.6 is 0 Å². The van der Waals surface area contributed by atoms with Crippen LogP contribution in [0.15, 0.2) is 52.2 Å². The molecule has 0 aliphatic rings. The molecular weight excluding hydrogens is 259 g/mol. The van der Waals surface area contributed by atoms with Gasteiger partial charge in [0.1, 0.15) is 0 Å². The van der Waals surface area contributed by atoms with Crippen molar-refractivity contribution in [2.24, 2.45) is 0 Å². The van der Waals surface area contributed by atoms with Gasteiger partial charge in [0.25, 0.3) is 0 Å². The Balaban J connectivity index is 2.41. The van der Waals surface area contributed by atoms with Crippen molar-refractivity contribution in [3.8, 4) is 0 Å². The molecule has 5 heteroatoms. The first-order valence-corrected chi connectivity index (χ1v) is 5.94. The first-order chi connectivity index (χ1) is 7.27. The molecule has 1 N–H and O–H groups in total. The van der Waals surface area contributed by atoms with Crippen LogP contribution in [0, 0.1) is 0 Å². The van der Waals surface area contributed by atoms with Crippen molar-refractivity contribution >= 4 is 19.6 Å². The normalized spacial score (nSPS) is 10.1. The predicted octanol–water partition coefficient (Wildman–Crippen LogP) is -0.671. The van der Waals surface area contributed by atoms with Crippen molar-refractivity contribution in [2.75, 3.05) is 0 Å². The average molecular weight is 267 g/mol. The van der Waals surface area contributed by atoms with E-state index >= 15 is 0 Å². The number of H-pyrrole nitrogens is 1. The van der Waals surface area contributed by atoms with Gasteiger partial charge in [0.2, 0.25) is 0 Å². The number of aromatic nitrogens is 2. The van der Waals surface area contributed by atoms with Gasteiger partial charge in [-0.3, -0.25) is 0 Å². The van der Waals surface area contributed by atoms with E-state index in [9.17, 15) is 9.59 Å². The first kappa shape index (κ1) is 9.96. The molecule has 1 heterocycles. The van der Waals surface area contributed by atoms with E-state index in [2.05, 4.69) is 4.98 Å². The summed E-state index contributed by atoms with van der Waals surface area (Å²) in [4.78, 5) is 25.3. The van der Waals surface area contributed by atoms with Gasteiger partial charge in [0, 0.05) is 0 Å². The third kappa shape index (κ3) is 2.26. The van der Waals surface area contributed by atoms with Gasteiger partial charge in [0.05, 0.1) is 0 Å². The summed E-state index contributed by atoms with van der Waals surface area (Å²) < 4.78 is 2.21. The fourth-order valence-electron chi connectivity index (χ4n) is 1.08. The zero-order chi connectivity index (χ0) is 10.7. The van der Waals surface area contributed by atoms with E-state index in [1.165, 1.54) is 15.8 Å². The van der Waals surface area contributed by atoms with Crippen molar-refractivity contribution < 1.29 is 0 Å². The van der Waals surface area contributed by atoms with E-state index < -0.39 is 0 Å². The standard InChI is InChI=1S/C10H8N2O2Se/c13-9-6-7-11-10(14)12(9)15-8-4-2-1-3-5-8/h1-7H,(H,11,14). The summed E-state index contributed by atoms with van der Waals surface area (Å²) in [6.45, 7) is 0. The Morgan fingerprint density at radius 1 is 1.07 bits per heavy atom. The number of aromatic amines is 1. The van der Waals surface area contributed by atoms with Gasteiger partial charge >= 0.3 is 91.6 Å². The zero-order valence-electron chi connectivity index (χ0n) is 7.71. The molecule has 0 bridgehead atoms. The first-order valence-electron chi connectivity index (χ1n) is 4.31. The SMILES string of the molecule is O=c1cc[nH]c(=O)n1[Se]c1ccccc1. The van der Waals surface area contributed by atoms with Gasteiger partial charge in [-0.15, -0.1) is 0 Å². The zero-order valence-corrected chi connectivity index (χ0v) is 9.43. The monoisotopic (exact) mass is 268 g/mol. The van der Waals surface area contributed by atoms with Crippen LogP contribution in [0.4, 0.5) is 0 Å². The number of benzene rings is 1. The van der Waals surface area contributed by atoms with E-state index in [1.54, 1.807) is 0 Å². The topological polar surface area (TPSA) is 54.9 Å². The molecule has 0 unspecified atom stereocenters. The van der Waals surface area contributed by atoms with Gasteiger partial charge in [-0.25, -0.2) is 0 Å². The van der Waals surface area contributed by atoms with E-state index in [0.29, 0.717) is 0 Å². The van der Waals surface area contributed by atoms with Gasteiger partial charge in [-0.2, -0.15) is 0 Å². The molecule has 4 nitrogen and oxygen atoms in total. The molecule has 0 aliphatic carbocycles. The van der Waals surface area contributed by atoms with Gasteiger partial charge < -0.3 is 0 Å². The maximum atomic E-state index is 11.4. The summed E-state index contributed by atoms with van der Waals surface area (Å²) in [5, 5.41) is 0. The van der Waals surface area contributed by atoms with E-state index in [0.717, 1.165) is 4.46 Å². The summed E-state index contributed by atoms with van der Waals surface area (Å²) in [5.74, 6) is 0. The summed E-state index contributed by atoms with van der Waals surface area (Å²) in [5.41, 5.74) is -0.617. The second kappa shape index (κ2) is 4.29. The number of hydrogen-bond acceptors (Lipinski definition) is 2. The van der Waals surface area contributed by atoms with E-state index in [-0.39, 0.29) is 26.4 Å². The van der Waals surface area contributed by atoms with Crippen molar-refractivity contribution in [1.29, 1.82) is 0 Å². The number of rotatable bonds is 2. The van der Waals surface area contributed by atoms with Crippen LogP contribution < -0.4 is 15.7 Å². The Hall–Kier alpha value is -1.58. The Labute approximate surface area is 92.0 Å².